The molecule has 1 aliphatic carbocycles. The van der Waals surface area contributed by atoms with Gasteiger partial charge >= 0.3 is 0 Å². The molecular formula is C42H59N7O6. The number of hydrogen-bond donors (Lipinski definition) is 3. The van der Waals surface area contributed by atoms with Gasteiger partial charge in [-0.15, -0.1) is 0 Å². The molecule has 55 heavy (non-hydrogen) atoms. The summed E-state index contributed by atoms with van der Waals surface area (Å²) in [5, 5.41) is 9.80. The average Bonchev–Trinajstić information content (AvgIpc) is 3.18. The summed E-state index contributed by atoms with van der Waals surface area (Å²) >= 11 is 0. The first-order chi connectivity index (χ1) is 26.7. The minimum absolute atomic E-state index is 0.000708. The van der Waals surface area contributed by atoms with Gasteiger partial charge in [-0.3, -0.25) is 14.5 Å². The van der Waals surface area contributed by atoms with E-state index in [1.165, 1.54) is 25.8 Å². The molecule has 3 heterocycles. The SMILES string of the molecule is CC(C)Oc1ccc(NC=O)cc1.COc1cc2c(C3CNCCN3C3(OC(C)C)C=CC(NC=O)=CC3)ncnc2cc1OCCCN1CCCCC1C. The summed E-state index contributed by atoms with van der Waals surface area (Å²) in [5.41, 5.74) is 2.60. The van der Waals surface area contributed by atoms with Crippen LogP contribution in [0.1, 0.15) is 78.5 Å². The highest BCUT2D eigenvalue weighted by molar-refractivity contribution is 5.85. The summed E-state index contributed by atoms with van der Waals surface area (Å²) in [6, 6.07) is 11.8. The van der Waals surface area contributed by atoms with Gasteiger partial charge in [-0.1, -0.05) is 12.5 Å². The number of anilines is 1. The van der Waals surface area contributed by atoms with Gasteiger partial charge in [0.15, 0.2) is 11.5 Å². The normalized spacial score (nSPS) is 21.7. The first kappa shape index (κ1) is 41.6. The van der Waals surface area contributed by atoms with Crippen LogP contribution in [0.3, 0.4) is 0 Å². The Labute approximate surface area is 325 Å². The highest BCUT2D eigenvalue weighted by Crippen LogP contribution is 2.40. The van der Waals surface area contributed by atoms with Gasteiger partial charge < -0.3 is 39.8 Å². The summed E-state index contributed by atoms with van der Waals surface area (Å²) in [6.07, 6.45) is 14.6. The lowest BCUT2D eigenvalue weighted by atomic mass is 9.94. The fourth-order valence-corrected chi connectivity index (χ4v) is 7.50. The Bertz CT molecular complexity index is 1750. The zero-order valence-corrected chi connectivity index (χ0v) is 33.3. The first-order valence-corrected chi connectivity index (χ1v) is 19.6. The molecule has 2 aliphatic heterocycles. The van der Waals surface area contributed by atoms with E-state index in [0.29, 0.717) is 49.9 Å². The number of piperidine rings is 1. The molecule has 0 bridgehead atoms. The van der Waals surface area contributed by atoms with Crippen molar-refractivity contribution in [2.24, 2.45) is 0 Å². The van der Waals surface area contributed by atoms with E-state index in [1.54, 1.807) is 25.6 Å². The largest absolute Gasteiger partial charge is 0.493 e. The molecule has 298 valence electrons. The second-order valence-electron chi connectivity index (χ2n) is 14.7. The van der Waals surface area contributed by atoms with E-state index in [1.807, 2.05) is 50.3 Å². The topological polar surface area (TPSA) is 139 Å². The van der Waals surface area contributed by atoms with E-state index in [4.69, 9.17) is 23.9 Å². The number of fused-ring (bicyclic) bond motifs is 1. The third-order valence-corrected chi connectivity index (χ3v) is 10.0. The molecule has 2 aromatic carbocycles. The summed E-state index contributed by atoms with van der Waals surface area (Å²) in [6.45, 7) is 15.5. The molecule has 13 nitrogen and oxygen atoms in total. The van der Waals surface area contributed by atoms with E-state index < -0.39 is 5.72 Å². The van der Waals surface area contributed by atoms with Crippen molar-refractivity contribution in [3.8, 4) is 17.2 Å². The van der Waals surface area contributed by atoms with E-state index >= 15 is 0 Å². The molecule has 3 atom stereocenters. The Morgan fingerprint density at radius 3 is 2.47 bits per heavy atom. The molecule has 0 spiro atoms. The van der Waals surface area contributed by atoms with Crippen LogP contribution in [0, 0.1) is 0 Å². The van der Waals surface area contributed by atoms with Crippen molar-refractivity contribution in [2.45, 2.75) is 96.7 Å². The minimum atomic E-state index is -0.675. The van der Waals surface area contributed by atoms with Gasteiger partial charge in [0.25, 0.3) is 0 Å². The zero-order valence-electron chi connectivity index (χ0n) is 33.3. The number of ether oxygens (including phenoxy) is 4. The van der Waals surface area contributed by atoms with Crippen LogP contribution >= 0.6 is 0 Å². The van der Waals surface area contributed by atoms with Gasteiger partial charge in [0.1, 0.15) is 17.8 Å². The van der Waals surface area contributed by atoms with Crippen LogP contribution in [0.15, 0.2) is 66.7 Å². The lowest BCUT2D eigenvalue weighted by molar-refractivity contribution is -0.166. The molecule has 3 aliphatic rings. The number of nitrogens with zero attached hydrogens (tertiary/aromatic N) is 4. The molecular weight excluding hydrogens is 699 g/mol. The number of benzene rings is 2. The number of likely N-dealkylation sites (tertiary alicyclic amines) is 1. The standard InChI is InChI=1S/C32H46N6O4.C10H13NO2/c1-23(2)42-32(11-9-25(10-12-32)36-22-39)38-16-13-33-20-28(38)31-26-18-29(40-4)30(19-27(26)34-21-35-31)41-17-7-15-37-14-6-5-8-24(37)3;1-8(2)13-10-5-3-9(4-6-10)11-7-12/h9-11,18-19,21-24,28,33H,5-8,12-17,20H2,1-4H3,(H,36,39);3-8H,1-2H3,(H,11,12). The summed E-state index contributed by atoms with van der Waals surface area (Å²) in [7, 11) is 1.68. The van der Waals surface area contributed by atoms with Crippen molar-refractivity contribution < 1.29 is 28.5 Å². The van der Waals surface area contributed by atoms with E-state index in [0.717, 1.165) is 59.8 Å². The monoisotopic (exact) mass is 757 g/mol. The Kier molecular flexibility index (Phi) is 15.4. The maximum absolute atomic E-state index is 11.0. The number of aromatic nitrogens is 2. The van der Waals surface area contributed by atoms with Gasteiger partial charge in [-0.2, -0.15) is 0 Å². The fourth-order valence-electron chi connectivity index (χ4n) is 7.50. The van der Waals surface area contributed by atoms with E-state index in [2.05, 4.69) is 57.6 Å². The minimum Gasteiger partial charge on any atom is -0.493 e. The van der Waals surface area contributed by atoms with E-state index in [9.17, 15) is 9.59 Å². The Morgan fingerprint density at radius 2 is 1.80 bits per heavy atom. The number of carbonyl (C=O) groups is 2. The van der Waals surface area contributed by atoms with Gasteiger partial charge in [-0.05, 0) is 103 Å². The van der Waals surface area contributed by atoms with Crippen molar-refractivity contribution in [1.82, 2.24) is 30.4 Å². The molecule has 3 aromatic rings. The van der Waals surface area contributed by atoms with Crippen LogP contribution in [0.5, 0.6) is 17.2 Å². The maximum Gasteiger partial charge on any atom is 0.211 e. The predicted molar refractivity (Wildman–Crippen MR) is 215 cm³/mol. The average molecular weight is 758 g/mol. The fraction of sp³-hybridized carbons (Fsp3) is 0.524. The number of hydrogen-bond acceptors (Lipinski definition) is 11. The smallest absolute Gasteiger partial charge is 0.211 e. The highest BCUT2D eigenvalue weighted by atomic mass is 16.5. The van der Waals surface area contributed by atoms with Crippen LogP contribution in [-0.4, -0.2) is 103 Å². The van der Waals surface area contributed by atoms with Crippen molar-refractivity contribution in [3.63, 3.8) is 0 Å². The second-order valence-corrected chi connectivity index (χ2v) is 14.7. The Balaban J connectivity index is 0.000000378. The molecule has 2 saturated heterocycles. The number of carbonyl (C=O) groups excluding carboxylic acids is 2. The highest BCUT2D eigenvalue weighted by Gasteiger charge is 2.43. The lowest BCUT2D eigenvalue weighted by Crippen LogP contribution is -2.59. The zero-order chi connectivity index (χ0) is 39.2. The number of rotatable bonds is 16. The Hall–Kier alpha value is -4.56. The van der Waals surface area contributed by atoms with Crippen molar-refractivity contribution >= 4 is 29.4 Å². The van der Waals surface area contributed by atoms with Crippen LogP contribution in [0.4, 0.5) is 5.69 Å². The molecule has 2 amide bonds. The number of amides is 2. The van der Waals surface area contributed by atoms with Crippen molar-refractivity contribution in [3.05, 3.63) is 72.3 Å². The van der Waals surface area contributed by atoms with Crippen LogP contribution in [0.25, 0.3) is 10.9 Å². The van der Waals surface area contributed by atoms with Crippen molar-refractivity contribution in [1.29, 1.82) is 0 Å². The first-order valence-electron chi connectivity index (χ1n) is 19.6. The lowest BCUT2D eigenvalue weighted by Gasteiger charge is -2.49. The van der Waals surface area contributed by atoms with E-state index in [-0.39, 0.29) is 18.2 Å². The summed E-state index contributed by atoms with van der Waals surface area (Å²) < 4.78 is 24.1. The Morgan fingerprint density at radius 1 is 1.00 bits per heavy atom. The van der Waals surface area contributed by atoms with Crippen molar-refractivity contribution in [2.75, 3.05) is 51.8 Å². The van der Waals surface area contributed by atoms with Gasteiger partial charge in [0.05, 0.1) is 43.2 Å². The molecule has 0 saturated carbocycles. The maximum atomic E-state index is 11.0. The predicted octanol–water partition coefficient (Wildman–Crippen LogP) is 5.98. The number of methoxy groups -OCH3 is 1. The third-order valence-electron chi connectivity index (χ3n) is 10.0. The van der Waals surface area contributed by atoms with Gasteiger partial charge in [-0.25, -0.2) is 9.97 Å². The molecule has 13 heteroatoms. The summed E-state index contributed by atoms with van der Waals surface area (Å²) in [4.78, 5) is 35.5. The van der Waals surface area contributed by atoms with Gasteiger partial charge in [0, 0.05) is 61.5 Å². The molecule has 0 radical (unpaired) electrons. The quantitative estimate of drug-likeness (QED) is 0.118. The molecule has 1 aromatic heterocycles. The third kappa shape index (κ3) is 11.3. The number of piperazine rings is 1. The molecule has 6 rings (SSSR count). The number of allylic oxidation sites excluding steroid dienone is 1. The van der Waals surface area contributed by atoms with Gasteiger partial charge in [0.2, 0.25) is 12.8 Å². The second kappa shape index (κ2) is 20.4. The number of nitrogens with one attached hydrogen (secondary N) is 3. The molecule has 3 unspecified atom stereocenters. The molecule has 3 N–H and O–H groups in total. The van der Waals surface area contributed by atoms with Crippen LogP contribution in [-0.2, 0) is 14.3 Å². The summed E-state index contributed by atoms with van der Waals surface area (Å²) in [5.74, 6) is 2.19. The molecule has 2 fully saturated rings. The van der Waals surface area contributed by atoms with Crippen LogP contribution in [0.2, 0.25) is 0 Å². The van der Waals surface area contributed by atoms with Crippen LogP contribution < -0.4 is 30.2 Å².